The number of nitrogens with zero attached hydrogens (tertiary/aromatic N) is 3. The number of carbonyl (C=O) groups excluding carboxylic acids is 1. The minimum absolute atomic E-state index is 0.135. The lowest BCUT2D eigenvalue weighted by atomic mass is 9.79. The summed E-state index contributed by atoms with van der Waals surface area (Å²) in [6.45, 7) is 6.28. The lowest BCUT2D eigenvalue weighted by Gasteiger charge is -2.40. The fourth-order valence-corrected chi connectivity index (χ4v) is 3.95. The first kappa shape index (κ1) is 15.9. The molecule has 1 aromatic carbocycles. The van der Waals surface area contributed by atoms with Gasteiger partial charge in [-0.3, -0.25) is 19.8 Å². The van der Waals surface area contributed by atoms with Crippen molar-refractivity contribution in [3.63, 3.8) is 0 Å². The Morgan fingerprint density at radius 3 is 2.61 bits per heavy atom. The Morgan fingerprint density at radius 2 is 1.96 bits per heavy atom. The maximum atomic E-state index is 11.7. The first-order valence-electron chi connectivity index (χ1n) is 8.19. The smallest absolute Gasteiger partial charge is 0.269 e. The summed E-state index contributed by atoms with van der Waals surface area (Å²) in [5.74, 6) is 0.179. The number of hydrogen-bond donors (Lipinski definition) is 0. The number of nitro groups is 1. The molecule has 0 bridgehead atoms. The summed E-state index contributed by atoms with van der Waals surface area (Å²) >= 11 is 0. The number of non-ortho nitro benzene ring substituents is 1. The zero-order chi connectivity index (χ0) is 16.4. The number of likely N-dealkylation sites (tertiary alicyclic amines) is 2. The lowest BCUT2D eigenvalue weighted by molar-refractivity contribution is -0.384. The fourth-order valence-electron chi connectivity index (χ4n) is 3.95. The highest BCUT2D eigenvalue weighted by molar-refractivity contribution is 5.73. The van der Waals surface area contributed by atoms with Gasteiger partial charge >= 0.3 is 0 Å². The third-order valence-corrected chi connectivity index (χ3v) is 5.18. The molecule has 0 aromatic heterocycles. The van der Waals surface area contributed by atoms with Crippen molar-refractivity contribution in [2.75, 3.05) is 26.2 Å². The molecule has 1 spiro atoms. The third-order valence-electron chi connectivity index (χ3n) is 5.18. The van der Waals surface area contributed by atoms with E-state index in [-0.39, 0.29) is 21.9 Å². The van der Waals surface area contributed by atoms with E-state index in [1.807, 2.05) is 17.0 Å². The quantitative estimate of drug-likeness (QED) is 0.634. The molecule has 2 aliphatic rings. The summed E-state index contributed by atoms with van der Waals surface area (Å²) in [6, 6.07) is 6.82. The standard InChI is InChI=1S/C17H23N3O3/c1-14(21)19-9-2-7-17(13-19)8-10-18(12-17)11-15-3-5-16(6-4-15)20(22)23/h3-6H,2,7-13H2,1H3. The summed E-state index contributed by atoms with van der Waals surface area (Å²) in [6.07, 6.45) is 3.41. The van der Waals surface area contributed by atoms with Crippen LogP contribution in [0.1, 0.15) is 31.7 Å². The van der Waals surface area contributed by atoms with Gasteiger partial charge < -0.3 is 4.90 Å². The van der Waals surface area contributed by atoms with Gasteiger partial charge in [-0.15, -0.1) is 0 Å². The molecule has 1 unspecified atom stereocenters. The van der Waals surface area contributed by atoms with Crippen molar-refractivity contribution in [3.8, 4) is 0 Å². The topological polar surface area (TPSA) is 66.7 Å². The predicted octanol–water partition coefficient (Wildman–Crippen LogP) is 2.43. The largest absolute Gasteiger partial charge is 0.342 e. The van der Waals surface area contributed by atoms with E-state index in [0.717, 1.165) is 51.1 Å². The van der Waals surface area contributed by atoms with Crippen LogP contribution < -0.4 is 0 Å². The van der Waals surface area contributed by atoms with Crippen molar-refractivity contribution in [3.05, 3.63) is 39.9 Å². The van der Waals surface area contributed by atoms with Crippen LogP contribution in [0.3, 0.4) is 0 Å². The van der Waals surface area contributed by atoms with E-state index >= 15 is 0 Å². The Bertz CT molecular complexity index is 602. The summed E-state index contributed by atoms with van der Waals surface area (Å²) < 4.78 is 0. The molecule has 124 valence electrons. The van der Waals surface area contributed by atoms with Gasteiger partial charge in [-0.1, -0.05) is 12.1 Å². The monoisotopic (exact) mass is 317 g/mol. The van der Waals surface area contributed by atoms with Crippen LogP contribution in [0.5, 0.6) is 0 Å². The van der Waals surface area contributed by atoms with Crippen LogP contribution in [0.4, 0.5) is 5.69 Å². The van der Waals surface area contributed by atoms with Crippen LogP contribution in [0.15, 0.2) is 24.3 Å². The molecule has 6 nitrogen and oxygen atoms in total. The summed E-state index contributed by atoms with van der Waals surface area (Å²) in [5, 5.41) is 10.7. The molecule has 6 heteroatoms. The highest BCUT2D eigenvalue weighted by atomic mass is 16.6. The van der Waals surface area contributed by atoms with Crippen molar-refractivity contribution >= 4 is 11.6 Å². The van der Waals surface area contributed by atoms with Crippen LogP contribution in [0.2, 0.25) is 0 Å². The van der Waals surface area contributed by atoms with Crippen LogP contribution in [-0.4, -0.2) is 46.8 Å². The molecule has 2 heterocycles. The molecule has 2 aliphatic heterocycles. The van der Waals surface area contributed by atoms with E-state index in [2.05, 4.69) is 4.90 Å². The van der Waals surface area contributed by atoms with Gasteiger partial charge in [0.15, 0.2) is 0 Å². The average molecular weight is 317 g/mol. The van der Waals surface area contributed by atoms with Crippen molar-refractivity contribution in [2.24, 2.45) is 5.41 Å². The number of hydrogen-bond acceptors (Lipinski definition) is 4. The predicted molar refractivity (Wildman–Crippen MR) is 86.9 cm³/mol. The minimum atomic E-state index is -0.368. The molecular weight excluding hydrogens is 294 g/mol. The molecule has 23 heavy (non-hydrogen) atoms. The molecule has 1 aromatic rings. The first-order chi connectivity index (χ1) is 11.0. The van der Waals surface area contributed by atoms with Gasteiger partial charge in [0, 0.05) is 50.7 Å². The Hall–Kier alpha value is -1.95. The third kappa shape index (κ3) is 3.52. The van der Waals surface area contributed by atoms with Gasteiger partial charge in [0.1, 0.15) is 0 Å². The molecule has 2 fully saturated rings. The van der Waals surface area contributed by atoms with Crippen molar-refractivity contribution in [1.29, 1.82) is 0 Å². The van der Waals surface area contributed by atoms with Gasteiger partial charge in [0.2, 0.25) is 5.91 Å². The number of amides is 1. The molecule has 0 radical (unpaired) electrons. The molecule has 2 saturated heterocycles. The van der Waals surface area contributed by atoms with Gasteiger partial charge in [-0.25, -0.2) is 0 Å². The van der Waals surface area contributed by atoms with Crippen molar-refractivity contribution in [1.82, 2.24) is 9.80 Å². The number of rotatable bonds is 3. The van der Waals surface area contributed by atoms with Crippen LogP contribution in [0.25, 0.3) is 0 Å². The van der Waals surface area contributed by atoms with Crippen LogP contribution >= 0.6 is 0 Å². The van der Waals surface area contributed by atoms with Gasteiger partial charge in [0.05, 0.1) is 4.92 Å². The van der Waals surface area contributed by atoms with E-state index in [1.165, 1.54) is 6.42 Å². The molecule has 1 atom stereocenters. The normalized spacial score (nSPS) is 25.0. The summed E-state index contributed by atoms with van der Waals surface area (Å²) in [5.41, 5.74) is 1.48. The van der Waals surface area contributed by atoms with E-state index in [9.17, 15) is 14.9 Å². The summed E-state index contributed by atoms with van der Waals surface area (Å²) in [7, 11) is 0. The maximum Gasteiger partial charge on any atom is 0.269 e. The van der Waals surface area contributed by atoms with Gasteiger partial charge in [-0.2, -0.15) is 0 Å². The maximum absolute atomic E-state index is 11.7. The second kappa shape index (κ2) is 6.28. The Morgan fingerprint density at radius 1 is 1.22 bits per heavy atom. The van der Waals surface area contributed by atoms with E-state index in [4.69, 9.17) is 0 Å². The Kier molecular flexibility index (Phi) is 4.35. The lowest BCUT2D eigenvalue weighted by Crippen LogP contribution is -2.46. The molecular formula is C17H23N3O3. The molecule has 1 amide bonds. The Balaban J connectivity index is 1.61. The number of carbonyl (C=O) groups is 1. The SMILES string of the molecule is CC(=O)N1CCCC2(CCN(Cc3ccc([N+](=O)[O-])cc3)C2)C1. The molecule has 3 rings (SSSR count). The van der Waals surface area contributed by atoms with Crippen molar-refractivity contribution < 1.29 is 9.72 Å². The van der Waals surface area contributed by atoms with Gasteiger partial charge in [0.25, 0.3) is 5.69 Å². The zero-order valence-electron chi connectivity index (χ0n) is 13.5. The van der Waals surface area contributed by atoms with Crippen LogP contribution in [0, 0.1) is 15.5 Å². The fraction of sp³-hybridized carbons (Fsp3) is 0.588. The van der Waals surface area contributed by atoms with E-state index in [0.29, 0.717) is 0 Å². The van der Waals surface area contributed by atoms with Crippen LogP contribution in [-0.2, 0) is 11.3 Å². The Labute approximate surface area is 136 Å². The number of piperidine rings is 1. The number of nitro benzene ring substituents is 1. The highest BCUT2D eigenvalue weighted by Crippen LogP contribution is 2.39. The molecule has 0 N–H and O–H groups in total. The van der Waals surface area contributed by atoms with E-state index in [1.54, 1.807) is 19.1 Å². The van der Waals surface area contributed by atoms with Gasteiger partial charge in [-0.05, 0) is 31.4 Å². The average Bonchev–Trinajstić information content (AvgIpc) is 2.90. The van der Waals surface area contributed by atoms with Crippen molar-refractivity contribution in [2.45, 2.75) is 32.7 Å². The first-order valence-corrected chi connectivity index (χ1v) is 8.19. The highest BCUT2D eigenvalue weighted by Gasteiger charge is 2.41. The molecule has 0 aliphatic carbocycles. The zero-order valence-corrected chi connectivity index (χ0v) is 13.5. The second-order valence-electron chi connectivity index (χ2n) is 6.93. The number of benzene rings is 1. The molecule has 0 saturated carbocycles. The summed E-state index contributed by atoms with van der Waals surface area (Å²) in [4.78, 5) is 26.4. The second-order valence-corrected chi connectivity index (χ2v) is 6.93. The van der Waals surface area contributed by atoms with E-state index < -0.39 is 0 Å². The minimum Gasteiger partial charge on any atom is -0.342 e.